The van der Waals surface area contributed by atoms with Gasteiger partial charge in [-0.2, -0.15) is 0 Å². The van der Waals surface area contributed by atoms with Crippen molar-refractivity contribution < 1.29 is 14.3 Å². The minimum atomic E-state index is -0.245. The number of morpholine rings is 1. The molecule has 0 aromatic heterocycles. The summed E-state index contributed by atoms with van der Waals surface area (Å²) < 4.78 is 11.0. The van der Waals surface area contributed by atoms with E-state index in [0.717, 1.165) is 18.7 Å². The standard InChI is InChI=1S/C14H18N2O3/c17-14(19-10-11-4-2-1-3-5-11)16-6-7-18-13-9-15-8-12(13)16/h1-5,12-13,15H,6-10H2/t12-,13-/m0/s1. The third-order valence-corrected chi connectivity index (χ3v) is 3.63. The Morgan fingerprint density at radius 1 is 1.37 bits per heavy atom. The number of benzene rings is 1. The van der Waals surface area contributed by atoms with Gasteiger partial charge in [0.25, 0.3) is 0 Å². The van der Waals surface area contributed by atoms with Gasteiger partial charge in [0, 0.05) is 19.6 Å². The molecule has 2 atom stereocenters. The van der Waals surface area contributed by atoms with E-state index in [4.69, 9.17) is 9.47 Å². The second-order valence-electron chi connectivity index (χ2n) is 4.87. The lowest BCUT2D eigenvalue weighted by Gasteiger charge is -2.36. The van der Waals surface area contributed by atoms with Crippen molar-refractivity contribution in [2.24, 2.45) is 0 Å². The summed E-state index contributed by atoms with van der Waals surface area (Å²) in [4.78, 5) is 13.9. The number of nitrogens with one attached hydrogen (secondary N) is 1. The van der Waals surface area contributed by atoms with Crippen molar-refractivity contribution in [1.29, 1.82) is 0 Å². The molecule has 19 heavy (non-hydrogen) atoms. The average Bonchev–Trinajstić information content (AvgIpc) is 2.94. The Hall–Kier alpha value is -1.59. The van der Waals surface area contributed by atoms with Gasteiger partial charge < -0.3 is 14.8 Å². The van der Waals surface area contributed by atoms with E-state index in [-0.39, 0.29) is 18.2 Å². The Balaban J connectivity index is 1.57. The lowest BCUT2D eigenvalue weighted by Crippen LogP contribution is -2.53. The van der Waals surface area contributed by atoms with Crippen LogP contribution in [0.5, 0.6) is 0 Å². The van der Waals surface area contributed by atoms with Crippen molar-refractivity contribution in [3.8, 4) is 0 Å². The number of rotatable bonds is 2. The number of carbonyl (C=O) groups is 1. The molecule has 2 heterocycles. The van der Waals surface area contributed by atoms with Crippen LogP contribution in [0, 0.1) is 0 Å². The Kier molecular flexibility index (Phi) is 3.66. The molecule has 5 nitrogen and oxygen atoms in total. The van der Waals surface area contributed by atoms with Crippen LogP contribution in [-0.4, -0.2) is 49.4 Å². The zero-order valence-electron chi connectivity index (χ0n) is 10.7. The minimum Gasteiger partial charge on any atom is -0.445 e. The maximum atomic E-state index is 12.1. The first kappa shape index (κ1) is 12.4. The molecular formula is C14H18N2O3. The van der Waals surface area contributed by atoms with E-state index < -0.39 is 0 Å². The van der Waals surface area contributed by atoms with Crippen LogP contribution in [-0.2, 0) is 16.1 Å². The van der Waals surface area contributed by atoms with E-state index in [1.165, 1.54) is 0 Å². The number of hydrogen-bond acceptors (Lipinski definition) is 4. The fourth-order valence-electron chi connectivity index (χ4n) is 2.62. The van der Waals surface area contributed by atoms with Crippen molar-refractivity contribution >= 4 is 6.09 Å². The van der Waals surface area contributed by atoms with Gasteiger partial charge >= 0.3 is 6.09 Å². The molecule has 0 unspecified atom stereocenters. The van der Waals surface area contributed by atoms with Crippen LogP contribution in [0.3, 0.4) is 0 Å². The van der Waals surface area contributed by atoms with Gasteiger partial charge in [-0.05, 0) is 5.56 Å². The molecule has 102 valence electrons. The monoisotopic (exact) mass is 262 g/mol. The van der Waals surface area contributed by atoms with Crippen LogP contribution < -0.4 is 5.32 Å². The summed E-state index contributed by atoms with van der Waals surface area (Å²) in [5.41, 5.74) is 1.00. The SMILES string of the molecule is O=C(OCc1ccccc1)N1CCO[C@H]2CNC[C@@H]21. The first-order valence-corrected chi connectivity index (χ1v) is 6.64. The molecule has 3 rings (SSSR count). The number of hydrogen-bond donors (Lipinski definition) is 1. The molecule has 0 spiro atoms. The van der Waals surface area contributed by atoms with E-state index in [1.807, 2.05) is 30.3 Å². The zero-order chi connectivity index (χ0) is 13.1. The van der Waals surface area contributed by atoms with Crippen LogP contribution >= 0.6 is 0 Å². The average molecular weight is 262 g/mol. The van der Waals surface area contributed by atoms with Gasteiger partial charge in [-0.1, -0.05) is 30.3 Å². The van der Waals surface area contributed by atoms with Gasteiger partial charge in [0.1, 0.15) is 6.61 Å². The molecule has 0 saturated carbocycles. The molecule has 0 aliphatic carbocycles. The maximum absolute atomic E-state index is 12.1. The highest BCUT2D eigenvalue weighted by molar-refractivity contribution is 5.68. The Morgan fingerprint density at radius 2 is 2.21 bits per heavy atom. The van der Waals surface area contributed by atoms with Crippen molar-refractivity contribution in [1.82, 2.24) is 10.2 Å². The molecule has 2 fully saturated rings. The van der Waals surface area contributed by atoms with Gasteiger partial charge in [0.05, 0.1) is 18.8 Å². The first-order chi connectivity index (χ1) is 9.34. The van der Waals surface area contributed by atoms with Crippen LogP contribution in [0.25, 0.3) is 0 Å². The van der Waals surface area contributed by atoms with E-state index in [2.05, 4.69) is 5.32 Å². The van der Waals surface area contributed by atoms with E-state index >= 15 is 0 Å². The molecule has 5 heteroatoms. The highest BCUT2D eigenvalue weighted by atomic mass is 16.6. The molecule has 1 aromatic carbocycles. The van der Waals surface area contributed by atoms with Crippen molar-refractivity contribution in [3.63, 3.8) is 0 Å². The molecule has 0 radical (unpaired) electrons. The molecule has 2 aliphatic heterocycles. The highest BCUT2D eigenvalue weighted by Crippen LogP contribution is 2.18. The molecule has 1 amide bonds. The molecule has 2 saturated heterocycles. The Bertz CT molecular complexity index is 438. The summed E-state index contributed by atoms with van der Waals surface area (Å²) in [6.07, 6.45) is -0.135. The maximum Gasteiger partial charge on any atom is 0.410 e. The highest BCUT2D eigenvalue weighted by Gasteiger charge is 2.39. The normalized spacial score (nSPS) is 26.0. The van der Waals surface area contributed by atoms with Crippen molar-refractivity contribution in [3.05, 3.63) is 35.9 Å². The van der Waals surface area contributed by atoms with Crippen LogP contribution in [0.2, 0.25) is 0 Å². The van der Waals surface area contributed by atoms with Crippen LogP contribution in [0.1, 0.15) is 5.56 Å². The topological polar surface area (TPSA) is 50.8 Å². The Labute approximate surface area is 112 Å². The number of amides is 1. The lowest BCUT2D eigenvalue weighted by atomic mass is 10.1. The van der Waals surface area contributed by atoms with Crippen LogP contribution in [0.4, 0.5) is 4.79 Å². The summed E-state index contributed by atoms with van der Waals surface area (Å²) in [5, 5.41) is 3.25. The fraction of sp³-hybridized carbons (Fsp3) is 0.500. The fourth-order valence-corrected chi connectivity index (χ4v) is 2.62. The summed E-state index contributed by atoms with van der Waals surface area (Å²) in [6.45, 7) is 3.11. The van der Waals surface area contributed by atoms with E-state index in [0.29, 0.717) is 19.8 Å². The number of nitrogens with zero attached hydrogens (tertiary/aromatic N) is 1. The predicted molar refractivity (Wildman–Crippen MR) is 69.7 cm³/mol. The summed E-state index contributed by atoms with van der Waals surface area (Å²) in [6, 6.07) is 9.84. The smallest absolute Gasteiger partial charge is 0.410 e. The summed E-state index contributed by atoms with van der Waals surface area (Å²) >= 11 is 0. The van der Waals surface area contributed by atoms with Crippen molar-refractivity contribution in [2.75, 3.05) is 26.2 Å². The van der Waals surface area contributed by atoms with Gasteiger partial charge in [-0.3, -0.25) is 4.90 Å². The second-order valence-corrected chi connectivity index (χ2v) is 4.87. The molecular weight excluding hydrogens is 244 g/mol. The van der Waals surface area contributed by atoms with Gasteiger partial charge in [-0.15, -0.1) is 0 Å². The first-order valence-electron chi connectivity index (χ1n) is 6.64. The molecule has 0 bridgehead atoms. The third kappa shape index (κ3) is 2.72. The zero-order valence-corrected chi connectivity index (χ0v) is 10.7. The molecule has 1 aromatic rings. The second kappa shape index (κ2) is 5.59. The minimum absolute atomic E-state index is 0.108. The molecule has 1 N–H and O–H groups in total. The number of ether oxygens (including phenoxy) is 2. The van der Waals surface area contributed by atoms with E-state index in [9.17, 15) is 4.79 Å². The predicted octanol–water partition coefficient (Wildman–Crippen LogP) is 0.996. The largest absolute Gasteiger partial charge is 0.445 e. The quantitative estimate of drug-likeness (QED) is 0.863. The summed E-state index contributed by atoms with van der Waals surface area (Å²) in [5.74, 6) is 0. The van der Waals surface area contributed by atoms with Gasteiger partial charge in [0.15, 0.2) is 0 Å². The molecule has 2 aliphatic rings. The lowest BCUT2D eigenvalue weighted by molar-refractivity contribution is -0.0441. The Morgan fingerprint density at radius 3 is 3.05 bits per heavy atom. The van der Waals surface area contributed by atoms with E-state index in [1.54, 1.807) is 4.90 Å². The van der Waals surface area contributed by atoms with Gasteiger partial charge in [0.2, 0.25) is 0 Å². The number of fused-ring (bicyclic) bond motifs is 1. The third-order valence-electron chi connectivity index (χ3n) is 3.63. The van der Waals surface area contributed by atoms with Crippen molar-refractivity contribution in [2.45, 2.75) is 18.8 Å². The summed E-state index contributed by atoms with van der Waals surface area (Å²) in [7, 11) is 0. The van der Waals surface area contributed by atoms with Crippen LogP contribution in [0.15, 0.2) is 30.3 Å². The number of carbonyl (C=O) groups excluding carboxylic acids is 1. The van der Waals surface area contributed by atoms with Gasteiger partial charge in [-0.25, -0.2) is 4.79 Å².